The number of fused-ring (bicyclic) bond motifs is 4. The highest BCUT2D eigenvalue weighted by Crippen LogP contribution is 2.49. The first-order valence-electron chi connectivity index (χ1n) is 24.2. The first-order valence-corrected chi connectivity index (χ1v) is 24.2. The number of rotatable bonds is 6. The fraction of sp³-hybridized carbons (Fsp3) is 0.377. The Morgan fingerprint density at radius 2 is 1.28 bits per heavy atom. The molecule has 64 heavy (non-hydrogen) atoms. The van der Waals surface area contributed by atoms with Crippen LogP contribution in [0.2, 0.25) is 0 Å². The Hall–Kier alpha value is -5.28. The summed E-state index contributed by atoms with van der Waals surface area (Å²) in [5.74, 6) is 0. The molecule has 0 radical (unpaired) electrons. The highest BCUT2D eigenvalue weighted by Gasteiger charge is 2.43. The molecule has 0 amide bonds. The molecule has 6 aromatic carbocycles. The smallest absolute Gasteiger partial charge is 0.198 e. The Labute approximate surface area is 386 Å². The van der Waals surface area contributed by atoms with Crippen molar-refractivity contribution in [1.82, 2.24) is 0 Å². The standard InChI is InChI=1S/C61H71BN2/c1-57(2,3)45-27-22-40(23-28-45)42-19-17-20-48(36-42)64-54-38-43(41-24-29-46(30-25-41)58(4,5)6)26-32-52(54)62-55-51(37-44-18-13-14-21-49(44)56(55)64)50-39-47(59(7,8)9)31-33-53(50)63-61(12)35-16-15-34-60(61,10)11/h13-14,17-24,26-29,31-33,36-39,62-63H,15-16,25,30,34-35H2,1-12H3. The number of anilines is 4. The molecular formula is C61H71BN2. The van der Waals surface area contributed by atoms with Crippen LogP contribution in [0.3, 0.4) is 0 Å². The van der Waals surface area contributed by atoms with Crippen molar-refractivity contribution in [2.75, 3.05) is 10.2 Å². The van der Waals surface area contributed by atoms with Gasteiger partial charge in [-0.25, -0.2) is 0 Å². The van der Waals surface area contributed by atoms with Crippen LogP contribution in [0.1, 0.15) is 138 Å². The lowest BCUT2D eigenvalue weighted by Gasteiger charge is -2.49. The van der Waals surface area contributed by atoms with Gasteiger partial charge in [0.2, 0.25) is 0 Å². The second-order valence-electron chi connectivity index (χ2n) is 23.4. The molecule has 3 heteroatoms. The van der Waals surface area contributed by atoms with Gasteiger partial charge in [-0.15, -0.1) is 0 Å². The highest BCUT2D eigenvalue weighted by atomic mass is 15.2. The third-order valence-corrected chi connectivity index (χ3v) is 15.5. The van der Waals surface area contributed by atoms with Gasteiger partial charge in [0.05, 0.1) is 0 Å². The maximum absolute atomic E-state index is 4.28. The van der Waals surface area contributed by atoms with E-state index in [9.17, 15) is 0 Å². The lowest BCUT2D eigenvalue weighted by molar-refractivity contribution is 0.134. The zero-order valence-corrected chi connectivity index (χ0v) is 41.0. The zero-order chi connectivity index (χ0) is 45.4. The summed E-state index contributed by atoms with van der Waals surface area (Å²) in [4.78, 5) is 2.63. The number of nitrogens with zero attached hydrogens (tertiary/aromatic N) is 1. The summed E-state index contributed by atoms with van der Waals surface area (Å²) in [5.41, 5.74) is 20.2. The summed E-state index contributed by atoms with van der Waals surface area (Å²) >= 11 is 0. The Morgan fingerprint density at radius 1 is 0.578 bits per heavy atom. The van der Waals surface area contributed by atoms with E-state index >= 15 is 0 Å². The summed E-state index contributed by atoms with van der Waals surface area (Å²) in [6, 6.07) is 44.8. The molecule has 1 saturated carbocycles. The van der Waals surface area contributed by atoms with Crippen molar-refractivity contribution in [3.05, 3.63) is 150 Å². The fourth-order valence-corrected chi connectivity index (χ4v) is 10.8. The van der Waals surface area contributed by atoms with Crippen LogP contribution < -0.4 is 21.1 Å². The highest BCUT2D eigenvalue weighted by molar-refractivity contribution is 6.74. The molecule has 1 unspecified atom stereocenters. The fourth-order valence-electron chi connectivity index (χ4n) is 10.8. The second-order valence-corrected chi connectivity index (χ2v) is 23.4. The largest absolute Gasteiger partial charge is 0.379 e. The van der Waals surface area contributed by atoms with Crippen molar-refractivity contribution in [3.8, 4) is 22.3 Å². The van der Waals surface area contributed by atoms with Crippen LogP contribution in [-0.2, 0) is 10.8 Å². The molecule has 0 aromatic heterocycles. The molecule has 0 spiro atoms. The van der Waals surface area contributed by atoms with Crippen molar-refractivity contribution in [2.45, 2.75) is 138 Å². The van der Waals surface area contributed by atoms with Crippen molar-refractivity contribution in [3.63, 3.8) is 0 Å². The van der Waals surface area contributed by atoms with Crippen LogP contribution in [-0.4, -0.2) is 12.8 Å². The summed E-state index contributed by atoms with van der Waals surface area (Å²) in [6.07, 6.45) is 11.9. The number of nitrogens with one attached hydrogen (secondary N) is 1. The average Bonchev–Trinajstić information content (AvgIpc) is 3.25. The third-order valence-electron chi connectivity index (χ3n) is 15.5. The van der Waals surface area contributed by atoms with E-state index in [1.165, 1.54) is 120 Å². The van der Waals surface area contributed by atoms with Crippen LogP contribution in [0, 0.1) is 10.8 Å². The average molecular weight is 843 g/mol. The lowest BCUT2D eigenvalue weighted by Crippen LogP contribution is -2.50. The van der Waals surface area contributed by atoms with E-state index in [4.69, 9.17) is 0 Å². The van der Waals surface area contributed by atoms with Crippen molar-refractivity contribution < 1.29 is 0 Å². The number of hydrogen-bond acceptors (Lipinski definition) is 2. The molecule has 6 aromatic rings. The summed E-state index contributed by atoms with van der Waals surface area (Å²) in [7, 11) is 0.852. The van der Waals surface area contributed by atoms with Gasteiger partial charge in [0.15, 0.2) is 7.28 Å². The van der Waals surface area contributed by atoms with Gasteiger partial charge in [0.1, 0.15) is 0 Å². The van der Waals surface area contributed by atoms with E-state index in [1.54, 1.807) is 0 Å². The third kappa shape index (κ3) is 8.18. The van der Waals surface area contributed by atoms with Crippen molar-refractivity contribution in [2.24, 2.45) is 10.8 Å². The molecule has 1 aliphatic heterocycles. The van der Waals surface area contributed by atoms with Gasteiger partial charge in [-0.05, 0) is 140 Å². The summed E-state index contributed by atoms with van der Waals surface area (Å²) in [6.45, 7) is 28.4. The van der Waals surface area contributed by atoms with Crippen LogP contribution in [0.5, 0.6) is 0 Å². The Bertz CT molecular complexity index is 2810. The molecule has 0 bridgehead atoms. The molecule has 1 atom stereocenters. The summed E-state index contributed by atoms with van der Waals surface area (Å²) < 4.78 is 0. The quantitative estimate of drug-likeness (QED) is 0.168. The van der Waals surface area contributed by atoms with Gasteiger partial charge in [0.25, 0.3) is 0 Å². The van der Waals surface area contributed by atoms with E-state index in [2.05, 4.69) is 221 Å². The SMILES string of the molecule is CC(C)(C)C1=CC=C(c2ccc3c(c2)N(c2cccc(-c4ccc(C(C)(C)C)cc4)c2)c2c(c(-c4cc(C(C)(C)C)ccc4NC4(C)CCCCC4(C)C)cc4ccccc24)B3)CC1. The van der Waals surface area contributed by atoms with E-state index in [1.807, 2.05) is 0 Å². The molecule has 3 aliphatic rings. The Kier molecular flexibility index (Phi) is 11.0. The Balaban J connectivity index is 1.29. The molecular weight excluding hydrogens is 771 g/mol. The van der Waals surface area contributed by atoms with E-state index < -0.39 is 0 Å². The summed E-state index contributed by atoms with van der Waals surface area (Å²) in [5, 5.41) is 6.83. The predicted molar refractivity (Wildman–Crippen MR) is 282 cm³/mol. The van der Waals surface area contributed by atoms with Gasteiger partial charge in [-0.2, -0.15) is 0 Å². The zero-order valence-electron chi connectivity index (χ0n) is 41.0. The minimum atomic E-state index is -0.0304. The molecule has 1 N–H and O–H groups in total. The van der Waals surface area contributed by atoms with Crippen LogP contribution in [0.15, 0.2) is 133 Å². The number of hydrogen-bond donors (Lipinski definition) is 1. The van der Waals surface area contributed by atoms with E-state index in [0.717, 1.165) is 20.1 Å². The molecule has 1 fully saturated rings. The van der Waals surface area contributed by atoms with Crippen LogP contribution >= 0.6 is 0 Å². The van der Waals surface area contributed by atoms with Crippen LogP contribution in [0.25, 0.3) is 38.6 Å². The maximum Gasteiger partial charge on any atom is 0.198 e. The van der Waals surface area contributed by atoms with Crippen LogP contribution in [0.4, 0.5) is 22.7 Å². The minimum absolute atomic E-state index is 0.00457. The molecule has 0 saturated heterocycles. The van der Waals surface area contributed by atoms with Gasteiger partial charge in [0, 0.05) is 39.2 Å². The number of allylic oxidation sites excluding steroid dienone is 4. The van der Waals surface area contributed by atoms with Gasteiger partial charge in [-0.3, -0.25) is 0 Å². The first kappa shape index (κ1) is 44.0. The Morgan fingerprint density at radius 3 is 1.97 bits per heavy atom. The molecule has 2 nitrogen and oxygen atoms in total. The normalized spacial score (nSPS) is 18.7. The van der Waals surface area contributed by atoms with Crippen molar-refractivity contribution in [1.29, 1.82) is 0 Å². The molecule has 2 aliphatic carbocycles. The molecule has 1 heterocycles. The minimum Gasteiger partial charge on any atom is -0.379 e. The predicted octanol–water partition coefficient (Wildman–Crippen LogP) is 15.9. The first-order chi connectivity index (χ1) is 30.2. The van der Waals surface area contributed by atoms with Crippen molar-refractivity contribution >= 4 is 57.3 Å². The molecule has 9 rings (SSSR count). The number of benzene rings is 6. The lowest BCUT2D eigenvalue weighted by atomic mass is 9.57. The molecule has 328 valence electrons. The van der Waals surface area contributed by atoms with E-state index in [-0.39, 0.29) is 27.2 Å². The van der Waals surface area contributed by atoms with Gasteiger partial charge >= 0.3 is 0 Å². The monoisotopic (exact) mass is 843 g/mol. The maximum atomic E-state index is 4.28. The van der Waals surface area contributed by atoms with Gasteiger partial charge < -0.3 is 10.2 Å². The topological polar surface area (TPSA) is 15.3 Å². The van der Waals surface area contributed by atoms with E-state index in [0.29, 0.717) is 0 Å². The van der Waals surface area contributed by atoms with Gasteiger partial charge in [-0.1, -0.05) is 191 Å². The second kappa shape index (κ2) is 16.0.